The van der Waals surface area contributed by atoms with Gasteiger partial charge in [-0.25, -0.2) is 0 Å². The summed E-state index contributed by atoms with van der Waals surface area (Å²) in [6.45, 7) is 0.646. The summed E-state index contributed by atoms with van der Waals surface area (Å²) in [6, 6.07) is 8.30. The molecule has 1 amide bonds. The largest absolute Gasteiger partial charge is 0.508 e. The van der Waals surface area contributed by atoms with E-state index in [-0.39, 0.29) is 17.2 Å². The van der Waals surface area contributed by atoms with Crippen LogP contribution in [0.15, 0.2) is 29.8 Å². The van der Waals surface area contributed by atoms with Gasteiger partial charge in [-0.05, 0) is 42.5 Å². The number of aromatic hydroxyl groups is 1. The third-order valence-electron chi connectivity index (χ3n) is 3.60. The maximum absolute atomic E-state index is 12.0. The van der Waals surface area contributed by atoms with Gasteiger partial charge in [0.05, 0.1) is 0 Å². The van der Waals surface area contributed by atoms with E-state index in [0.29, 0.717) is 12.5 Å². The van der Waals surface area contributed by atoms with Crippen molar-refractivity contribution in [2.75, 3.05) is 6.54 Å². The molecule has 2 N–H and O–H groups in total. The molecule has 20 heavy (non-hydrogen) atoms. The fourth-order valence-electron chi connectivity index (χ4n) is 2.43. The molecule has 1 saturated carbocycles. The van der Waals surface area contributed by atoms with Crippen LogP contribution in [0.3, 0.4) is 0 Å². The molecule has 0 spiro atoms. The average molecular weight is 270 g/mol. The van der Waals surface area contributed by atoms with Crippen molar-refractivity contribution in [3.63, 3.8) is 0 Å². The van der Waals surface area contributed by atoms with Crippen molar-refractivity contribution in [2.24, 2.45) is 5.92 Å². The number of phenolic OH excluding ortho intramolecular Hbond substituents is 1. The standard InChI is InChI=1S/C16H18N2O2/c17-10-14(9-12-5-7-15(19)8-6-12)16(20)18-11-13-3-1-2-4-13/h5-9,13,19H,1-4,11H2,(H,18,20)/b14-9+. The van der Waals surface area contributed by atoms with Gasteiger partial charge in [0.15, 0.2) is 0 Å². The molecule has 1 aliphatic rings. The van der Waals surface area contributed by atoms with E-state index < -0.39 is 0 Å². The van der Waals surface area contributed by atoms with E-state index in [1.54, 1.807) is 12.1 Å². The Balaban J connectivity index is 1.97. The molecule has 0 unspecified atom stereocenters. The van der Waals surface area contributed by atoms with Crippen LogP contribution in [0.4, 0.5) is 0 Å². The maximum Gasteiger partial charge on any atom is 0.261 e. The fourth-order valence-corrected chi connectivity index (χ4v) is 2.43. The second-order valence-corrected chi connectivity index (χ2v) is 5.12. The average Bonchev–Trinajstić information content (AvgIpc) is 2.97. The van der Waals surface area contributed by atoms with E-state index in [2.05, 4.69) is 5.32 Å². The zero-order chi connectivity index (χ0) is 14.4. The van der Waals surface area contributed by atoms with Crippen molar-refractivity contribution >= 4 is 12.0 Å². The number of carbonyl (C=O) groups is 1. The lowest BCUT2D eigenvalue weighted by Crippen LogP contribution is -2.29. The third kappa shape index (κ3) is 3.86. The van der Waals surface area contributed by atoms with Crippen LogP contribution in [-0.2, 0) is 4.79 Å². The summed E-state index contributed by atoms with van der Waals surface area (Å²) in [5, 5.41) is 21.1. The summed E-state index contributed by atoms with van der Waals surface area (Å²) >= 11 is 0. The Labute approximate surface area is 118 Å². The minimum atomic E-state index is -0.326. The number of phenols is 1. The first-order chi connectivity index (χ1) is 9.69. The zero-order valence-corrected chi connectivity index (χ0v) is 11.3. The molecule has 4 nitrogen and oxygen atoms in total. The molecule has 4 heteroatoms. The molecule has 2 rings (SSSR count). The molecule has 0 aromatic heterocycles. The predicted octanol–water partition coefficient (Wildman–Crippen LogP) is 2.61. The lowest BCUT2D eigenvalue weighted by Gasteiger charge is -2.09. The Morgan fingerprint density at radius 1 is 1.35 bits per heavy atom. The highest BCUT2D eigenvalue weighted by Gasteiger charge is 2.17. The SMILES string of the molecule is N#C/C(=C\c1ccc(O)cc1)C(=O)NCC1CCCC1. The lowest BCUT2D eigenvalue weighted by atomic mass is 10.1. The molecule has 0 saturated heterocycles. The normalized spacial score (nSPS) is 15.8. The molecule has 1 fully saturated rings. The summed E-state index contributed by atoms with van der Waals surface area (Å²) in [4.78, 5) is 12.0. The van der Waals surface area contributed by atoms with Crippen molar-refractivity contribution in [1.29, 1.82) is 5.26 Å². The van der Waals surface area contributed by atoms with Gasteiger partial charge in [-0.3, -0.25) is 4.79 Å². The van der Waals surface area contributed by atoms with Crippen LogP contribution in [0.5, 0.6) is 5.75 Å². The van der Waals surface area contributed by atoms with E-state index >= 15 is 0 Å². The molecular weight excluding hydrogens is 252 g/mol. The van der Waals surface area contributed by atoms with Crippen molar-refractivity contribution in [3.05, 3.63) is 35.4 Å². The van der Waals surface area contributed by atoms with E-state index in [9.17, 15) is 9.90 Å². The summed E-state index contributed by atoms with van der Waals surface area (Å²) in [6.07, 6.45) is 6.31. The van der Waals surface area contributed by atoms with E-state index in [1.807, 2.05) is 6.07 Å². The molecule has 0 bridgehead atoms. The molecule has 1 aliphatic carbocycles. The van der Waals surface area contributed by atoms with Crippen LogP contribution in [0.25, 0.3) is 6.08 Å². The maximum atomic E-state index is 12.0. The number of benzene rings is 1. The predicted molar refractivity (Wildman–Crippen MR) is 76.7 cm³/mol. The van der Waals surface area contributed by atoms with Crippen molar-refractivity contribution < 1.29 is 9.90 Å². The topological polar surface area (TPSA) is 73.1 Å². The van der Waals surface area contributed by atoms with Gasteiger partial charge in [0, 0.05) is 6.54 Å². The van der Waals surface area contributed by atoms with Gasteiger partial charge in [-0.1, -0.05) is 25.0 Å². The Kier molecular flexibility index (Phi) is 4.78. The van der Waals surface area contributed by atoms with Gasteiger partial charge < -0.3 is 10.4 Å². The Bertz CT molecular complexity index is 535. The van der Waals surface area contributed by atoms with Crippen LogP contribution in [0, 0.1) is 17.2 Å². The van der Waals surface area contributed by atoms with Gasteiger partial charge in [-0.15, -0.1) is 0 Å². The molecule has 0 radical (unpaired) electrons. The number of hydrogen-bond donors (Lipinski definition) is 2. The van der Waals surface area contributed by atoms with Crippen LogP contribution >= 0.6 is 0 Å². The van der Waals surface area contributed by atoms with Crippen molar-refractivity contribution in [2.45, 2.75) is 25.7 Å². The van der Waals surface area contributed by atoms with E-state index in [0.717, 1.165) is 18.4 Å². The summed E-state index contributed by atoms with van der Waals surface area (Å²) in [5.41, 5.74) is 0.809. The third-order valence-corrected chi connectivity index (χ3v) is 3.60. The minimum absolute atomic E-state index is 0.0914. The number of nitriles is 1. The Morgan fingerprint density at radius 3 is 2.60 bits per heavy atom. The number of nitrogens with one attached hydrogen (secondary N) is 1. The van der Waals surface area contributed by atoms with Gasteiger partial charge in [0.1, 0.15) is 17.4 Å². The number of hydrogen-bond acceptors (Lipinski definition) is 3. The fraction of sp³-hybridized carbons (Fsp3) is 0.375. The summed E-state index contributed by atoms with van der Waals surface area (Å²) in [5.74, 6) is 0.381. The molecular formula is C16H18N2O2. The van der Waals surface area contributed by atoms with Crippen LogP contribution in [0.2, 0.25) is 0 Å². The highest BCUT2D eigenvalue weighted by atomic mass is 16.3. The van der Waals surface area contributed by atoms with Gasteiger partial charge >= 0.3 is 0 Å². The molecule has 0 aliphatic heterocycles. The van der Waals surface area contributed by atoms with Gasteiger partial charge in [0.2, 0.25) is 0 Å². The van der Waals surface area contributed by atoms with Crippen LogP contribution < -0.4 is 5.32 Å². The lowest BCUT2D eigenvalue weighted by molar-refractivity contribution is -0.117. The van der Waals surface area contributed by atoms with Crippen LogP contribution in [-0.4, -0.2) is 17.6 Å². The second kappa shape index (κ2) is 6.76. The number of rotatable bonds is 4. The zero-order valence-electron chi connectivity index (χ0n) is 11.3. The highest BCUT2D eigenvalue weighted by molar-refractivity contribution is 6.01. The molecule has 1 aromatic carbocycles. The highest BCUT2D eigenvalue weighted by Crippen LogP contribution is 2.23. The quantitative estimate of drug-likeness (QED) is 0.652. The monoisotopic (exact) mass is 270 g/mol. The van der Waals surface area contributed by atoms with Crippen molar-refractivity contribution in [3.8, 4) is 11.8 Å². The second-order valence-electron chi connectivity index (χ2n) is 5.12. The summed E-state index contributed by atoms with van der Waals surface area (Å²) < 4.78 is 0. The molecule has 0 atom stereocenters. The first-order valence-electron chi connectivity index (χ1n) is 6.88. The van der Waals surface area contributed by atoms with Gasteiger partial charge in [0.25, 0.3) is 5.91 Å². The molecule has 1 aromatic rings. The smallest absolute Gasteiger partial charge is 0.261 e. The van der Waals surface area contributed by atoms with E-state index in [4.69, 9.17) is 5.26 Å². The number of nitrogens with zero attached hydrogens (tertiary/aromatic N) is 1. The first kappa shape index (κ1) is 14.1. The first-order valence-corrected chi connectivity index (χ1v) is 6.88. The van der Waals surface area contributed by atoms with Gasteiger partial charge in [-0.2, -0.15) is 5.26 Å². The number of carbonyl (C=O) groups excluding carboxylic acids is 1. The van der Waals surface area contributed by atoms with Crippen LogP contribution in [0.1, 0.15) is 31.2 Å². The minimum Gasteiger partial charge on any atom is -0.508 e. The molecule has 104 valence electrons. The van der Waals surface area contributed by atoms with E-state index in [1.165, 1.54) is 31.1 Å². The summed E-state index contributed by atoms with van der Waals surface area (Å²) in [7, 11) is 0. The van der Waals surface area contributed by atoms with Crippen molar-refractivity contribution in [1.82, 2.24) is 5.32 Å². The Morgan fingerprint density at radius 2 is 2.00 bits per heavy atom. The number of amides is 1. The Hall–Kier alpha value is -2.28. The molecule has 0 heterocycles.